The molecule has 1 aliphatic heterocycles. The zero-order valence-corrected chi connectivity index (χ0v) is 21.3. The highest BCUT2D eigenvalue weighted by Gasteiger charge is 2.38. The predicted molar refractivity (Wildman–Crippen MR) is 139 cm³/mol. The third-order valence-electron chi connectivity index (χ3n) is 6.95. The van der Waals surface area contributed by atoms with Crippen molar-refractivity contribution in [3.8, 4) is 11.1 Å². The molecule has 0 unspecified atom stereocenters. The first-order valence-corrected chi connectivity index (χ1v) is 12.9. The van der Waals surface area contributed by atoms with E-state index in [1.165, 1.54) is 4.88 Å². The van der Waals surface area contributed by atoms with Crippen molar-refractivity contribution < 1.29 is 14.4 Å². The summed E-state index contributed by atoms with van der Waals surface area (Å²) < 4.78 is 2.04. The Morgan fingerprint density at radius 1 is 1.14 bits per heavy atom. The van der Waals surface area contributed by atoms with Crippen LogP contribution in [0.25, 0.3) is 11.1 Å². The Morgan fingerprint density at radius 2 is 1.89 bits per heavy atom. The van der Waals surface area contributed by atoms with Crippen LogP contribution in [0.15, 0.2) is 35.9 Å². The number of nitrogens with zero attached hydrogens (tertiary/aromatic N) is 3. The fourth-order valence-electron chi connectivity index (χ4n) is 5.13. The fraction of sp³-hybridized carbons (Fsp3) is 0.286. The van der Waals surface area contributed by atoms with Crippen molar-refractivity contribution in [1.82, 2.24) is 9.88 Å². The van der Waals surface area contributed by atoms with Crippen molar-refractivity contribution in [1.29, 1.82) is 5.26 Å². The third kappa shape index (κ3) is 3.76. The first kappa shape index (κ1) is 23.8. The molecule has 36 heavy (non-hydrogen) atoms. The lowest BCUT2D eigenvalue weighted by molar-refractivity contribution is -0.122. The Morgan fingerprint density at radius 3 is 2.64 bits per heavy atom. The molecule has 2 aliphatic rings. The van der Waals surface area contributed by atoms with Gasteiger partial charge in [0.1, 0.15) is 16.6 Å². The van der Waals surface area contributed by atoms with Gasteiger partial charge in [-0.05, 0) is 80.9 Å². The van der Waals surface area contributed by atoms with Crippen LogP contribution in [0.3, 0.4) is 0 Å². The van der Waals surface area contributed by atoms with Gasteiger partial charge in [0.05, 0.1) is 11.3 Å². The van der Waals surface area contributed by atoms with Crippen molar-refractivity contribution in [2.75, 3.05) is 4.90 Å². The van der Waals surface area contributed by atoms with Crippen LogP contribution in [0.4, 0.5) is 10.5 Å². The molecule has 3 heterocycles. The number of hydrogen-bond donors (Lipinski definition) is 1. The molecule has 1 N–H and O–H groups in total. The summed E-state index contributed by atoms with van der Waals surface area (Å²) >= 11 is 1.65. The molecule has 1 aromatic carbocycles. The topological polar surface area (TPSA) is 95.2 Å². The van der Waals surface area contributed by atoms with Crippen molar-refractivity contribution >= 4 is 40.9 Å². The second-order valence-corrected chi connectivity index (χ2v) is 10.2. The zero-order chi connectivity index (χ0) is 25.6. The third-order valence-corrected chi connectivity index (χ3v) is 8.23. The van der Waals surface area contributed by atoms with E-state index in [1.807, 2.05) is 43.5 Å². The van der Waals surface area contributed by atoms with E-state index >= 15 is 0 Å². The normalized spacial score (nSPS) is 16.8. The molecule has 182 valence electrons. The van der Waals surface area contributed by atoms with Gasteiger partial charge in [0.25, 0.3) is 11.8 Å². The Balaban J connectivity index is 1.59. The van der Waals surface area contributed by atoms with Crippen LogP contribution in [-0.4, -0.2) is 22.4 Å². The van der Waals surface area contributed by atoms with Gasteiger partial charge in [0, 0.05) is 16.3 Å². The summed E-state index contributed by atoms with van der Waals surface area (Å²) in [6, 6.07) is 10.7. The van der Waals surface area contributed by atoms with E-state index in [0.29, 0.717) is 17.7 Å². The number of aromatic nitrogens is 1. The molecular formula is C28H26N4O3S. The summed E-state index contributed by atoms with van der Waals surface area (Å²) in [4.78, 5) is 41.2. The quantitative estimate of drug-likeness (QED) is 0.398. The van der Waals surface area contributed by atoms with Crippen LogP contribution < -0.4 is 10.2 Å². The summed E-state index contributed by atoms with van der Waals surface area (Å²) in [6.45, 7) is 5.81. The second-order valence-electron chi connectivity index (χ2n) is 9.10. The van der Waals surface area contributed by atoms with Crippen molar-refractivity contribution in [3.63, 3.8) is 0 Å². The molecule has 0 spiro atoms. The molecule has 2 aromatic heterocycles. The van der Waals surface area contributed by atoms with E-state index in [1.54, 1.807) is 29.5 Å². The van der Waals surface area contributed by atoms with Crippen LogP contribution in [0.1, 0.15) is 58.3 Å². The zero-order valence-electron chi connectivity index (χ0n) is 20.5. The maximum atomic E-state index is 13.5. The Bertz CT molecular complexity index is 1500. The average Bonchev–Trinajstić information content (AvgIpc) is 3.37. The number of benzene rings is 1. The van der Waals surface area contributed by atoms with Crippen LogP contribution in [0, 0.1) is 25.2 Å². The van der Waals surface area contributed by atoms with Gasteiger partial charge in [-0.2, -0.15) is 5.26 Å². The van der Waals surface area contributed by atoms with Crippen LogP contribution >= 0.6 is 11.3 Å². The van der Waals surface area contributed by atoms with Gasteiger partial charge in [0.2, 0.25) is 0 Å². The Kier molecular flexibility index (Phi) is 6.10. The maximum absolute atomic E-state index is 13.5. The summed E-state index contributed by atoms with van der Waals surface area (Å²) in [5.74, 6) is -1.37. The number of barbiturate groups is 1. The van der Waals surface area contributed by atoms with Gasteiger partial charge in [0.15, 0.2) is 0 Å². The summed E-state index contributed by atoms with van der Waals surface area (Å²) in [5.41, 5.74) is 5.49. The largest absolute Gasteiger partial charge is 0.335 e. The molecule has 1 aliphatic carbocycles. The highest BCUT2D eigenvalue weighted by atomic mass is 32.1. The summed E-state index contributed by atoms with van der Waals surface area (Å²) in [6.07, 6.45) is 6.31. The molecule has 7 nitrogen and oxygen atoms in total. The van der Waals surface area contributed by atoms with Gasteiger partial charge in [-0.25, -0.2) is 9.69 Å². The number of hydrogen-bond acceptors (Lipinski definition) is 5. The van der Waals surface area contributed by atoms with Gasteiger partial charge >= 0.3 is 6.03 Å². The predicted octanol–water partition coefficient (Wildman–Crippen LogP) is 5.13. The molecular weight excluding hydrogens is 472 g/mol. The molecule has 1 fully saturated rings. The molecule has 0 saturated carbocycles. The van der Waals surface area contributed by atoms with Crippen LogP contribution in [-0.2, 0) is 28.9 Å². The number of rotatable bonds is 4. The number of imide groups is 2. The van der Waals surface area contributed by atoms with Crippen molar-refractivity contribution in [3.05, 3.63) is 74.4 Å². The van der Waals surface area contributed by atoms with Crippen LogP contribution in [0.2, 0.25) is 0 Å². The number of nitrogens with one attached hydrogen (secondary N) is 1. The monoisotopic (exact) mass is 498 g/mol. The van der Waals surface area contributed by atoms with E-state index in [0.717, 1.165) is 63.7 Å². The van der Waals surface area contributed by atoms with E-state index < -0.39 is 17.8 Å². The lowest BCUT2D eigenvalue weighted by atomic mass is 9.96. The van der Waals surface area contributed by atoms with Gasteiger partial charge in [-0.1, -0.05) is 25.1 Å². The second kappa shape index (κ2) is 9.25. The molecule has 0 radical (unpaired) electrons. The number of nitriles is 1. The first-order valence-electron chi connectivity index (χ1n) is 12.1. The highest BCUT2D eigenvalue weighted by molar-refractivity contribution is 7.15. The minimum absolute atomic E-state index is 0.105. The van der Waals surface area contributed by atoms with Gasteiger partial charge in [-0.15, -0.1) is 11.3 Å². The number of para-hydroxylation sites is 1. The van der Waals surface area contributed by atoms with Crippen molar-refractivity contribution in [2.24, 2.45) is 0 Å². The number of amides is 4. The fourth-order valence-corrected chi connectivity index (χ4v) is 6.58. The van der Waals surface area contributed by atoms with Gasteiger partial charge in [-0.3, -0.25) is 14.9 Å². The number of carbonyl (C=O) groups is 3. The number of fused-ring (bicyclic) bond motifs is 1. The molecule has 0 bridgehead atoms. The number of carbonyl (C=O) groups excluding carboxylic acids is 3. The van der Waals surface area contributed by atoms with E-state index in [2.05, 4.69) is 11.4 Å². The summed E-state index contributed by atoms with van der Waals surface area (Å²) in [7, 11) is 0. The minimum Gasteiger partial charge on any atom is -0.308 e. The molecule has 1 saturated heterocycles. The minimum atomic E-state index is -0.753. The lowest BCUT2D eigenvalue weighted by Gasteiger charge is -2.27. The Hall–Kier alpha value is -3.96. The lowest BCUT2D eigenvalue weighted by Crippen LogP contribution is -2.54. The summed E-state index contributed by atoms with van der Waals surface area (Å²) in [5, 5.41) is 13.1. The first-order chi connectivity index (χ1) is 17.3. The molecule has 8 heteroatoms. The van der Waals surface area contributed by atoms with Crippen LogP contribution in [0.5, 0.6) is 0 Å². The number of urea groups is 1. The van der Waals surface area contributed by atoms with E-state index in [-0.39, 0.29) is 5.57 Å². The molecule has 4 amide bonds. The van der Waals surface area contributed by atoms with E-state index in [4.69, 9.17) is 0 Å². The average molecular weight is 499 g/mol. The smallest absolute Gasteiger partial charge is 0.308 e. The van der Waals surface area contributed by atoms with E-state index in [9.17, 15) is 19.6 Å². The Labute approximate surface area is 213 Å². The highest BCUT2D eigenvalue weighted by Crippen LogP contribution is 2.38. The number of thiophene rings is 1. The standard InChI is InChI=1S/C28H26N4O3S/c1-4-18-9-5-7-11-23(18)32-26(34)21(25(33)30-28(32)35)14-19-13-16(2)31(17(19)3)27-22(15-29)20-10-6-8-12-24(20)36-27/h5,7,9,11,13-14H,4,6,8,10,12H2,1-3H3,(H,30,33,35)/b21-14-. The van der Waals surface area contributed by atoms with Gasteiger partial charge < -0.3 is 4.57 Å². The molecule has 0 atom stereocenters. The number of anilines is 1. The maximum Gasteiger partial charge on any atom is 0.335 e. The molecule has 3 aromatic rings. The molecule has 5 rings (SSSR count). The van der Waals surface area contributed by atoms with Crippen molar-refractivity contribution in [2.45, 2.75) is 52.9 Å². The SMILES string of the molecule is CCc1ccccc1N1C(=O)NC(=O)/C(=C/c2cc(C)n(-c3sc4c(c3C#N)CCCC4)c2C)C1=O. The number of aryl methyl sites for hydroxylation is 3.